The van der Waals surface area contributed by atoms with E-state index in [2.05, 4.69) is 18.0 Å². The van der Waals surface area contributed by atoms with Crippen LogP contribution in [0.1, 0.15) is 34.0 Å². The second-order valence-corrected chi connectivity index (χ2v) is 5.30. The van der Waals surface area contributed by atoms with E-state index in [0.29, 0.717) is 16.8 Å². The molecule has 3 rings (SSSR count). The molecule has 0 aliphatic rings. The lowest BCUT2D eigenvalue weighted by atomic mass is 9.97. The zero-order valence-corrected chi connectivity index (χ0v) is 12.2. The third-order valence-electron chi connectivity index (χ3n) is 3.93. The van der Waals surface area contributed by atoms with Crippen molar-refractivity contribution >= 4 is 22.4 Å². The van der Waals surface area contributed by atoms with Gasteiger partial charge < -0.3 is 10.7 Å². The molecule has 0 atom stereocenters. The minimum atomic E-state index is 0.0132. The maximum absolute atomic E-state index is 12.8. The standard InChI is InChI=1S/C18H18N2O/c1-3-12-5-4-6-14-16(10-20-17(12)14)18(21)15-9-13(19)8-7-11(15)2/h4-10,20H,3,19H2,1-2H3. The van der Waals surface area contributed by atoms with Crippen molar-refractivity contribution in [1.29, 1.82) is 0 Å². The molecule has 2 aromatic carbocycles. The third-order valence-corrected chi connectivity index (χ3v) is 3.93. The van der Waals surface area contributed by atoms with Crippen molar-refractivity contribution in [2.75, 3.05) is 5.73 Å². The molecule has 3 heteroatoms. The molecule has 3 N–H and O–H groups in total. The summed E-state index contributed by atoms with van der Waals surface area (Å²) in [7, 11) is 0. The number of anilines is 1. The molecule has 0 unspecified atom stereocenters. The van der Waals surface area contributed by atoms with E-state index in [-0.39, 0.29) is 5.78 Å². The first-order chi connectivity index (χ1) is 10.1. The Morgan fingerprint density at radius 1 is 1.19 bits per heavy atom. The lowest BCUT2D eigenvalue weighted by Gasteiger charge is -2.06. The molecule has 21 heavy (non-hydrogen) atoms. The van der Waals surface area contributed by atoms with Crippen LogP contribution in [0.15, 0.2) is 42.6 Å². The number of carbonyl (C=O) groups excluding carboxylic acids is 1. The average Bonchev–Trinajstić information content (AvgIpc) is 2.93. The summed E-state index contributed by atoms with van der Waals surface area (Å²) in [6, 6.07) is 11.5. The molecule has 0 spiro atoms. The highest BCUT2D eigenvalue weighted by Crippen LogP contribution is 2.26. The van der Waals surface area contributed by atoms with E-state index in [0.717, 1.165) is 22.9 Å². The van der Waals surface area contributed by atoms with E-state index in [1.165, 1.54) is 5.56 Å². The van der Waals surface area contributed by atoms with Gasteiger partial charge >= 0.3 is 0 Å². The molecule has 0 fully saturated rings. The second kappa shape index (κ2) is 5.09. The summed E-state index contributed by atoms with van der Waals surface area (Å²) in [6.45, 7) is 4.04. The first-order valence-corrected chi connectivity index (χ1v) is 7.11. The molecule has 1 heterocycles. The summed E-state index contributed by atoms with van der Waals surface area (Å²) in [5.41, 5.74) is 11.0. The van der Waals surface area contributed by atoms with Crippen LogP contribution in [0, 0.1) is 6.92 Å². The fourth-order valence-electron chi connectivity index (χ4n) is 2.73. The van der Waals surface area contributed by atoms with Crippen LogP contribution >= 0.6 is 0 Å². The number of aryl methyl sites for hydroxylation is 2. The number of hydrogen-bond donors (Lipinski definition) is 2. The monoisotopic (exact) mass is 278 g/mol. The van der Waals surface area contributed by atoms with Gasteiger partial charge in [0.05, 0.1) is 0 Å². The number of nitrogens with one attached hydrogen (secondary N) is 1. The summed E-state index contributed by atoms with van der Waals surface area (Å²) in [6.07, 6.45) is 2.73. The number of fused-ring (bicyclic) bond motifs is 1. The number of para-hydroxylation sites is 1. The Morgan fingerprint density at radius 3 is 2.76 bits per heavy atom. The molecule has 106 valence electrons. The number of benzene rings is 2. The van der Waals surface area contributed by atoms with Crippen molar-refractivity contribution in [3.8, 4) is 0 Å². The largest absolute Gasteiger partial charge is 0.399 e. The Morgan fingerprint density at radius 2 is 2.00 bits per heavy atom. The molecular weight excluding hydrogens is 260 g/mol. The van der Waals surface area contributed by atoms with E-state index in [9.17, 15) is 4.79 Å². The van der Waals surface area contributed by atoms with E-state index >= 15 is 0 Å². The van der Waals surface area contributed by atoms with Gasteiger partial charge in [-0.25, -0.2) is 0 Å². The minimum absolute atomic E-state index is 0.0132. The van der Waals surface area contributed by atoms with Crippen molar-refractivity contribution in [2.24, 2.45) is 0 Å². The molecule has 0 bridgehead atoms. The average molecular weight is 278 g/mol. The number of H-pyrrole nitrogens is 1. The van der Waals surface area contributed by atoms with E-state index in [1.54, 1.807) is 12.3 Å². The van der Waals surface area contributed by atoms with Crippen LogP contribution in [0.25, 0.3) is 10.9 Å². The molecule has 0 saturated heterocycles. The predicted molar refractivity (Wildman–Crippen MR) is 86.7 cm³/mol. The van der Waals surface area contributed by atoms with Gasteiger partial charge in [0.2, 0.25) is 0 Å². The zero-order chi connectivity index (χ0) is 15.0. The highest BCUT2D eigenvalue weighted by molar-refractivity contribution is 6.17. The molecule has 1 aromatic heterocycles. The number of nitrogen functional groups attached to an aromatic ring is 1. The Bertz CT molecular complexity index is 830. The van der Waals surface area contributed by atoms with Gasteiger partial charge in [0.1, 0.15) is 0 Å². The lowest BCUT2D eigenvalue weighted by molar-refractivity contribution is 0.104. The Kier molecular flexibility index (Phi) is 3.26. The van der Waals surface area contributed by atoms with Crippen molar-refractivity contribution in [1.82, 2.24) is 4.98 Å². The van der Waals surface area contributed by atoms with Gasteiger partial charge in [0.15, 0.2) is 5.78 Å². The Hall–Kier alpha value is -2.55. The summed E-state index contributed by atoms with van der Waals surface area (Å²) in [5, 5.41) is 0.973. The van der Waals surface area contributed by atoms with Crippen molar-refractivity contribution in [2.45, 2.75) is 20.3 Å². The normalized spacial score (nSPS) is 11.0. The highest BCUT2D eigenvalue weighted by Gasteiger charge is 2.17. The fraction of sp³-hybridized carbons (Fsp3) is 0.167. The molecular formula is C18H18N2O. The van der Waals surface area contributed by atoms with Gasteiger partial charge in [-0.2, -0.15) is 0 Å². The van der Waals surface area contributed by atoms with Gasteiger partial charge in [-0.3, -0.25) is 4.79 Å². The summed E-state index contributed by atoms with van der Waals surface area (Å²) in [4.78, 5) is 16.1. The third kappa shape index (κ3) is 2.21. The topological polar surface area (TPSA) is 58.9 Å². The van der Waals surface area contributed by atoms with Gasteiger partial charge in [-0.05, 0) is 36.6 Å². The predicted octanol–water partition coefficient (Wildman–Crippen LogP) is 3.85. The molecule has 3 aromatic rings. The number of hydrogen-bond acceptors (Lipinski definition) is 2. The lowest BCUT2D eigenvalue weighted by Crippen LogP contribution is -2.04. The van der Waals surface area contributed by atoms with E-state index in [4.69, 9.17) is 5.73 Å². The molecule has 0 saturated carbocycles. The van der Waals surface area contributed by atoms with E-state index in [1.807, 2.05) is 31.2 Å². The first kappa shape index (κ1) is 13.4. The molecule has 0 aliphatic carbocycles. The summed E-state index contributed by atoms with van der Waals surface area (Å²) < 4.78 is 0. The fourth-order valence-corrected chi connectivity index (χ4v) is 2.73. The van der Waals surface area contributed by atoms with Gasteiger partial charge in [0, 0.05) is 33.9 Å². The maximum Gasteiger partial charge on any atom is 0.195 e. The van der Waals surface area contributed by atoms with Crippen molar-refractivity contribution in [3.05, 3.63) is 64.8 Å². The number of rotatable bonds is 3. The zero-order valence-electron chi connectivity index (χ0n) is 12.2. The van der Waals surface area contributed by atoms with Crippen LogP contribution in [0.2, 0.25) is 0 Å². The van der Waals surface area contributed by atoms with Crippen LogP contribution < -0.4 is 5.73 Å². The summed E-state index contributed by atoms with van der Waals surface area (Å²) >= 11 is 0. The highest BCUT2D eigenvalue weighted by atomic mass is 16.1. The SMILES string of the molecule is CCc1cccc2c(C(=O)c3cc(N)ccc3C)c[nH]c12. The summed E-state index contributed by atoms with van der Waals surface area (Å²) in [5.74, 6) is 0.0132. The second-order valence-electron chi connectivity index (χ2n) is 5.30. The van der Waals surface area contributed by atoms with Crippen LogP contribution in [0.5, 0.6) is 0 Å². The van der Waals surface area contributed by atoms with Crippen molar-refractivity contribution < 1.29 is 4.79 Å². The van der Waals surface area contributed by atoms with Gasteiger partial charge in [-0.15, -0.1) is 0 Å². The Balaban J connectivity index is 2.16. The first-order valence-electron chi connectivity index (χ1n) is 7.11. The van der Waals surface area contributed by atoms with Gasteiger partial charge in [0.25, 0.3) is 0 Å². The van der Waals surface area contributed by atoms with Crippen molar-refractivity contribution in [3.63, 3.8) is 0 Å². The number of aromatic amines is 1. The number of nitrogens with two attached hydrogens (primary N) is 1. The number of aromatic nitrogens is 1. The molecule has 0 radical (unpaired) electrons. The molecule has 0 aliphatic heterocycles. The Labute approximate surface area is 123 Å². The van der Waals surface area contributed by atoms with Gasteiger partial charge in [-0.1, -0.05) is 31.2 Å². The molecule has 0 amide bonds. The quantitative estimate of drug-likeness (QED) is 0.564. The van der Waals surface area contributed by atoms with E-state index < -0.39 is 0 Å². The van der Waals surface area contributed by atoms with Crippen LogP contribution in [0.4, 0.5) is 5.69 Å². The van der Waals surface area contributed by atoms with Crippen LogP contribution in [0.3, 0.4) is 0 Å². The maximum atomic E-state index is 12.8. The molecule has 3 nitrogen and oxygen atoms in total. The number of carbonyl (C=O) groups is 1. The van der Waals surface area contributed by atoms with Crippen LogP contribution in [-0.4, -0.2) is 10.8 Å². The van der Waals surface area contributed by atoms with Crippen LogP contribution in [-0.2, 0) is 6.42 Å². The minimum Gasteiger partial charge on any atom is -0.399 e. The smallest absolute Gasteiger partial charge is 0.195 e. The number of ketones is 1.